The first-order chi connectivity index (χ1) is 14.4. The van der Waals surface area contributed by atoms with Gasteiger partial charge in [-0.15, -0.1) is 0 Å². The summed E-state index contributed by atoms with van der Waals surface area (Å²) >= 11 is 6.66. The fourth-order valence-corrected chi connectivity index (χ4v) is 3.95. The van der Waals surface area contributed by atoms with Crippen molar-refractivity contribution in [2.24, 2.45) is 0 Å². The number of thiocarbonyl (C=S) groups is 1. The van der Waals surface area contributed by atoms with Gasteiger partial charge in [0.25, 0.3) is 5.69 Å². The maximum atomic E-state index is 12.1. The van der Waals surface area contributed by atoms with E-state index in [0.717, 1.165) is 29.5 Å². The molecule has 3 aromatic rings. The molecule has 30 heavy (non-hydrogen) atoms. The number of aryl methyl sites for hydroxylation is 1. The van der Waals surface area contributed by atoms with Crippen LogP contribution < -0.4 is 10.6 Å². The highest BCUT2D eigenvalue weighted by atomic mass is 32.1. The number of rotatable bonds is 7. The lowest BCUT2D eigenvalue weighted by molar-refractivity contribution is -0.384. The van der Waals surface area contributed by atoms with Gasteiger partial charge in [-0.3, -0.25) is 20.2 Å². The van der Waals surface area contributed by atoms with Gasteiger partial charge in [-0.2, -0.15) is 0 Å². The molecule has 1 amide bonds. The minimum absolute atomic E-state index is 0.0385. The molecule has 0 unspecified atom stereocenters. The van der Waals surface area contributed by atoms with Gasteiger partial charge in [-0.05, 0) is 54.4 Å². The maximum absolute atomic E-state index is 12.1. The topological polar surface area (TPSA) is 97.2 Å². The number of carbonyl (C=O) groups excluding carboxylic acids is 1. The molecule has 0 saturated heterocycles. The van der Waals surface area contributed by atoms with Crippen molar-refractivity contribution in [1.29, 1.82) is 0 Å². The zero-order chi connectivity index (χ0) is 21.5. The van der Waals surface area contributed by atoms with Crippen molar-refractivity contribution < 1.29 is 9.72 Å². The lowest BCUT2D eigenvalue weighted by atomic mass is 10.1. The number of hydrogen-bond acceptors (Lipinski definition) is 6. The summed E-state index contributed by atoms with van der Waals surface area (Å²) in [5.74, 6) is -0.443. The minimum atomic E-state index is -0.485. The number of fused-ring (bicyclic) bond motifs is 1. The van der Waals surface area contributed by atoms with Gasteiger partial charge in [0, 0.05) is 18.2 Å². The Morgan fingerprint density at radius 3 is 2.90 bits per heavy atom. The third-order valence-corrected chi connectivity index (χ3v) is 5.37. The normalized spacial score (nSPS) is 11.0. The van der Waals surface area contributed by atoms with Crippen LogP contribution in [-0.2, 0) is 11.2 Å². The van der Waals surface area contributed by atoms with Gasteiger partial charge in [0.2, 0.25) is 5.91 Å². The Morgan fingerprint density at radius 1 is 1.30 bits per heavy atom. The van der Waals surface area contributed by atoms with Crippen LogP contribution in [0.25, 0.3) is 16.3 Å². The molecule has 154 valence electrons. The Bertz CT molecular complexity index is 1120. The number of unbranched alkanes of at least 4 members (excludes halogenated alkanes) is 1. The largest absolute Gasteiger partial charge is 0.308 e. The van der Waals surface area contributed by atoms with Gasteiger partial charge < -0.3 is 5.32 Å². The molecule has 2 aromatic carbocycles. The maximum Gasteiger partial charge on any atom is 0.270 e. The molecule has 0 aliphatic carbocycles. The van der Waals surface area contributed by atoms with E-state index in [2.05, 4.69) is 34.7 Å². The van der Waals surface area contributed by atoms with E-state index in [1.807, 2.05) is 6.07 Å². The molecule has 0 radical (unpaired) electrons. The second-order valence-electron chi connectivity index (χ2n) is 6.55. The molecule has 0 saturated carbocycles. The van der Waals surface area contributed by atoms with Crippen molar-refractivity contribution in [3.05, 3.63) is 69.8 Å². The molecule has 9 heteroatoms. The lowest BCUT2D eigenvalue weighted by Crippen LogP contribution is -2.32. The zero-order valence-electron chi connectivity index (χ0n) is 16.3. The molecular weight excluding hydrogens is 420 g/mol. The second-order valence-corrected chi connectivity index (χ2v) is 7.99. The van der Waals surface area contributed by atoms with E-state index in [0.29, 0.717) is 10.7 Å². The third-order valence-electron chi connectivity index (χ3n) is 4.24. The number of amides is 1. The molecule has 0 atom stereocenters. The van der Waals surface area contributed by atoms with Crippen molar-refractivity contribution in [2.45, 2.75) is 26.2 Å². The van der Waals surface area contributed by atoms with Gasteiger partial charge in [-0.25, -0.2) is 4.98 Å². The van der Waals surface area contributed by atoms with Gasteiger partial charge in [0.15, 0.2) is 10.2 Å². The first-order valence-corrected chi connectivity index (χ1v) is 10.6. The summed E-state index contributed by atoms with van der Waals surface area (Å²) in [5.41, 5.74) is 2.66. The van der Waals surface area contributed by atoms with Crippen LogP contribution >= 0.6 is 23.6 Å². The van der Waals surface area contributed by atoms with Gasteiger partial charge >= 0.3 is 0 Å². The van der Waals surface area contributed by atoms with E-state index in [1.165, 1.54) is 41.2 Å². The fourth-order valence-electron chi connectivity index (χ4n) is 2.75. The van der Waals surface area contributed by atoms with Crippen LogP contribution in [0.2, 0.25) is 0 Å². The molecule has 0 bridgehead atoms. The standard InChI is InChI=1S/C21H20N4O3S2/c1-2-3-5-15-8-10-17-18(13-15)30-21(22-17)24-20(29)23-19(26)11-9-14-6-4-7-16(12-14)25(27)28/h4,6-13H,2-3,5H2,1H3,(H2,22,23,24,26,29)/b11-9+. The summed E-state index contributed by atoms with van der Waals surface area (Å²) in [6.45, 7) is 2.17. The van der Waals surface area contributed by atoms with Crippen molar-refractivity contribution >= 4 is 61.7 Å². The van der Waals surface area contributed by atoms with Crippen LogP contribution in [0.4, 0.5) is 10.8 Å². The predicted octanol–water partition coefficient (Wildman–Crippen LogP) is 5.07. The Balaban J connectivity index is 1.58. The summed E-state index contributed by atoms with van der Waals surface area (Å²) in [5, 5.41) is 17.0. The van der Waals surface area contributed by atoms with Gasteiger partial charge in [0.1, 0.15) is 0 Å². The quantitative estimate of drug-likeness (QED) is 0.230. The van der Waals surface area contributed by atoms with Gasteiger partial charge in [-0.1, -0.05) is 42.9 Å². The van der Waals surface area contributed by atoms with Crippen LogP contribution in [0.5, 0.6) is 0 Å². The van der Waals surface area contributed by atoms with Crippen LogP contribution in [0.15, 0.2) is 48.5 Å². The Labute approximate surface area is 183 Å². The number of thiazole rings is 1. The Hall–Kier alpha value is -3.17. The second kappa shape index (κ2) is 10.0. The van der Waals surface area contributed by atoms with Crippen LogP contribution in [0.3, 0.4) is 0 Å². The van der Waals surface area contributed by atoms with Crippen molar-refractivity contribution in [3.8, 4) is 0 Å². The molecule has 0 spiro atoms. The van der Waals surface area contributed by atoms with Crippen LogP contribution in [-0.4, -0.2) is 20.9 Å². The van der Waals surface area contributed by atoms with E-state index in [-0.39, 0.29) is 10.8 Å². The summed E-state index contributed by atoms with van der Waals surface area (Å²) in [7, 11) is 0. The van der Waals surface area contributed by atoms with E-state index < -0.39 is 10.8 Å². The third kappa shape index (κ3) is 5.91. The number of nitrogens with one attached hydrogen (secondary N) is 2. The number of nitro benzene ring substituents is 1. The summed E-state index contributed by atoms with van der Waals surface area (Å²) in [6, 6.07) is 12.2. The number of nitro groups is 1. The summed E-state index contributed by atoms with van der Waals surface area (Å²) in [4.78, 5) is 26.9. The molecule has 2 N–H and O–H groups in total. The number of benzene rings is 2. The molecule has 0 aliphatic heterocycles. The lowest BCUT2D eigenvalue weighted by Gasteiger charge is -2.04. The van der Waals surface area contributed by atoms with Crippen molar-refractivity contribution in [2.75, 3.05) is 5.32 Å². The van der Waals surface area contributed by atoms with Crippen molar-refractivity contribution in [3.63, 3.8) is 0 Å². The smallest absolute Gasteiger partial charge is 0.270 e. The number of nitrogens with zero attached hydrogens (tertiary/aromatic N) is 2. The average molecular weight is 441 g/mol. The molecule has 1 aromatic heterocycles. The fraction of sp³-hybridized carbons (Fsp3) is 0.190. The molecule has 3 rings (SSSR count). The molecule has 7 nitrogen and oxygen atoms in total. The first-order valence-electron chi connectivity index (χ1n) is 9.38. The predicted molar refractivity (Wildman–Crippen MR) is 125 cm³/mol. The van der Waals surface area contributed by atoms with E-state index in [1.54, 1.807) is 12.1 Å². The zero-order valence-corrected chi connectivity index (χ0v) is 17.9. The van der Waals surface area contributed by atoms with Crippen LogP contribution in [0.1, 0.15) is 30.9 Å². The Morgan fingerprint density at radius 2 is 2.13 bits per heavy atom. The highest BCUT2D eigenvalue weighted by Gasteiger charge is 2.08. The number of hydrogen-bond donors (Lipinski definition) is 2. The van der Waals surface area contributed by atoms with E-state index >= 15 is 0 Å². The van der Waals surface area contributed by atoms with E-state index in [4.69, 9.17) is 12.2 Å². The van der Waals surface area contributed by atoms with E-state index in [9.17, 15) is 14.9 Å². The number of anilines is 1. The Kier molecular flexibility index (Phi) is 7.21. The number of aromatic nitrogens is 1. The summed E-state index contributed by atoms with van der Waals surface area (Å²) < 4.78 is 1.06. The highest BCUT2D eigenvalue weighted by Crippen LogP contribution is 2.27. The highest BCUT2D eigenvalue weighted by molar-refractivity contribution is 7.80. The summed E-state index contributed by atoms with van der Waals surface area (Å²) in [6.07, 6.45) is 6.09. The average Bonchev–Trinajstić information content (AvgIpc) is 3.12. The molecule has 0 aliphatic rings. The van der Waals surface area contributed by atoms with Gasteiger partial charge in [0.05, 0.1) is 15.1 Å². The minimum Gasteiger partial charge on any atom is -0.308 e. The molecular formula is C21H20N4O3S2. The number of carbonyl (C=O) groups is 1. The van der Waals surface area contributed by atoms with Crippen molar-refractivity contribution in [1.82, 2.24) is 10.3 Å². The molecule has 0 fully saturated rings. The SMILES string of the molecule is CCCCc1ccc2nc(NC(=S)NC(=O)/C=C/c3cccc([N+](=O)[O-])c3)sc2c1. The molecule has 1 heterocycles. The monoisotopic (exact) mass is 440 g/mol. The first kappa shape index (κ1) is 21.5. The number of non-ortho nitro benzene ring substituents is 1. The van der Waals surface area contributed by atoms with Crippen LogP contribution in [0, 0.1) is 10.1 Å².